The van der Waals surface area contributed by atoms with Crippen molar-refractivity contribution in [2.75, 3.05) is 25.9 Å². The van der Waals surface area contributed by atoms with Crippen LogP contribution in [0.4, 0.5) is 0 Å². The van der Waals surface area contributed by atoms with Crippen LogP contribution >= 0.6 is 11.8 Å². The number of carbonyl (C=O) groups excluding carboxylic acids is 2. The molecule has 8 heteroatoms. The zero-order valence-electron chi connectivity index (χ0n) is 25.1. The summed E-state index contributed by atoms with van der Waals surface area (Å²) in [5.74, 6) is 1.59. The fourth-order valence-electron chi connectivity index (χ4n) is 6.17. The minimum Gasteiger partial charge on any atom is -0.390 e. The van der Waals surface area contributed by atoms with Crippen molar-refractivity contribution in [1.82, 2.24) is 20.9 Å². The fourth-order valence-corrected chi connectivity index (χ4v) is 7.20. The molecular formula is C31H52N4O3S. The maximum absolute atomic E-state index is 13.5. The van der Waals surface area contributed by atoms with Crippen LogP contribution in [0.2, 0.25) is 0 Å². The van der Waals surface area contributed by atoms with Gasteiger partial charge in [-0.3, -0.25) is 14.5 Å². The molecule has 7 nitrogen and oxygen atoms in total. The third-order valence-corrected chi connectivity index (χ3v) is 9.24. The van der Waals surface area contributed by atoms with Crippen molar-refractivity contribution in [1.29, 1.82) is 0 Å². The van der Waals surface area contributed by atoms with Gasteiger partial charge in [0.1, 0.15) is 0 Å². The Morgan fingerprint density at radius 1 is 1.05 bits per heavy atom. The van der Waals surface area contributed by atoms with E-state index in [-0.39, 0.29) is 28.8 Å². The Kier molecular flexibility index (Phi) is 11.3. The molecule has 2 aliphatic rings. The summed E-state index contributed by atoms with van der Waals surface area (Å²) in [4.78, 5) is 30.1. The van der Waals surface area contributed by atoms with Gasteiger partial charge in [-0.25, -0.2) is 0 Å². The molecule has 6 unspecified atom stereocenters. The Morgan fingerprint density at radius 2 is 1.69 bits per heavy atom. The number of fused-ring (bicyclic) bond motifs is 1. The molecule has 0 radical (unpaired) electrons. The van der Waals surface area contributed by atoms with Crippen LogP contribution in [-0.2, 0) is 9.59 Å². The van der Waals surface area contributed by atoms with Gasteiger partial charge < -0.3 is 21.1 Å². The fraction of sp³-hybridized carbons (Fsp3) is 0.742. The Hall–Kier alpha value is -1.61. The van der Waals surface area contributed by atoms with Crippen molar-refractivity contribution in [2.24, 2.45) is 17.3 Å². The van der Waals surface area contributed by atoms with E-state index in [4.69, 9.17) is 0 Å². The summed E-state index contributed by atoms with van der Waals surface area (Å²) in [7, 11) is 1.80. The highest BCUT2D eigenvalue weighted by Crippen LogP contribution is 2.39. The minimum absolute atomic E-state index is 0.0425. The van der Waals surface area contributed by atoms with E-state index in [0.29, 0.717) is 24.1 Å². The predicted molar refractivity (Wildman–Crippen MR) is 161 cm³/mol. The molecule has 0 bridgehead atoms. The van der Waals surface area contributed by atoms with Crippen molar-refractivity contribution in [3.8, 4) is 0 Å². The van der Waals surface area contributed by atoms with E-state index in [1.807, 2.05) is 71.9 Å². The second kappa shape index (κ2) is 13.8. The quantitative estimate of drug-likeness (QED) is 0.323. The molecule has 220 valence electrons. The molecule has 0 spiro atoms. The molecule has 1 heterocycles. The summed E-state index contributed by atoms with van der Waals surface area (Å²) in [6.45, 7) is 13.3. The number of aliphatic hydroxyl groups excluding tert-OH is 1. The molecule has 6 atom stereocenters. The van der Waals surface area contributed by atoms with E-state index < -0.39 is 18.2 Å². The average Bonchev–Trinajstić information content (AvgIpc) is 2.85. The molecule has 1 saturated heterocycles. The van der Waals surface area contributed by atoms with E-state index in [9.17, 15) is 14.7 Å². The van der Waals surface area contributed by atoms with Crippen LogP contribution in [-0.4, -0.2) is 77.5 Å². The third kappa shape index (κ3) is 9.48. The molecular weight excluding hydrogens is 508 g/mol. The van der Waals surface area contributed by atoms with Gasteiger partial charge in [-0.05, 0) is 70.0 Å². The number of likely N-dealkylation sites (tertiary alicyclic amines) is 1. The van der Waals surface area contributed by atoms with Gasteiger partial charge in [0.05, 0.1) is 24.2 Å². The lowest BCUT2D eigenvalue weighted by Crippen LogP contribution is -2.61. The average molecular weight is 561 g/mol. The number of β-amino-alcohol motifs (C(OH)–C–C–N with tert-alkyl or cyclic N) is 1. The second-order valence-electron chi connectivity index (χ2n) is 13.6. The molecule has 3 rings (SSSR count). The van der Waals surface area contributed by atoms with Crippen molar-refractivity contribution >= 4 is 23.6 Å². The van der Waals surface area contributed by atoms with E-state index in [2.05, 4.69) is 20.9 Å². The molecule has 2 fully saturated rings. The number of nitrogens with one attached hydrogen (secondary N) is 3. The number of nitrogens with zero attached hydrogens (tertiary/aromatic N) is 1. The molecule has 1 aliphatic heterocycles. The zero-order chi connectivity index (χ0) is 28.8. The van der Waals surface area contributed by atoms with Crippen molar-refractivity contribution in [3.05, 3.63) is 30.3 Å². The summed E-state index contributed by atoms with van der Waals surface area (Å²) in [6, 6.07) is 8.94. The van der Waals surface area contributed by atoms with Crippen LogP contribution in [0.1, 0.15) is 73.6 Å². The Bertz CT molecular complexity index is 930. The second-order valence-corrected chi connectivity index (χ2v) is 14.7. The molecule has 0 aromatic heterocycles. The van der Waals surface area contributed by atoms with Gasteiger partial charge in [0.25, 0.3) is 0 Å². The largest absolute Gasteiger partial charge is 0.390 e. The van der Waals surface area contributed by atoms with E-state index in [0.717, 1.165) is 17.9 Å². The van der Waals surface area contributed by atoms with Crippen LogP contribution in [0.25, 0.3) is 0 Å². The van der Waals surface area contributed by atoms with E-state index >= 15 is 0 Å². The number of carbonyl (C=O) groups is 2. The first kappa shape index (κ1) is 31.9. The first-order valence-corrected chi connectivity index (χ1v) is 15.7. The highest BCUT2D eigenvalue weighted by Gasteiger charge is 2.42. The van der Waals surface area contributed by atoms with Crippen LogP contribution in [0.15, 0.2) is 35.2 Å². The van der Waals surface area contributed by atoms with Crippen LogP contribution in [0, 0.1) is 17.3 Å². The number of likely N-dealkylation sites (N-methyl/N-ethyl adjacent to an activating group) is 1. The van der Waals surface area contributed by atoms with Crippen LogP contribution in [0.5, 0.6) is 0 Å². The van der Waals surface area contributed by atoms with Gasteiger partial charge in [0, 0.05) is 29.3 Å². The molecule has 4 N–H and O–H groups in total. The number of amides is 2. The zero-order valence-corrected chi connectivity index (χ0v) is 25.9. The van der Waals surface area contributed by atoms with Gasteiger partial charge in [-0.1, -0.05) is 58.2 Å². The first-order chi connectivity index (χ1) is 18.3. The minimum atomic E-state index is -0.812. The lowest BCUT2D eigenvalue weighted by molar-refractivity contribution is -0.133. The predicted octanol–water partition coefficient (Wildman–Crippen LogP) is 4.05. The lowest BCUT2D eigenvalue weighted by Gasteiger charge is -2.47. The maximum atomic E-state index is 13.5. The van der Waals surface area contributed by atoms with E-state index in [1.54, 1.807) is 18.8 Å². The van der Waals surface area contributed by atoms with Gasteiger partial charge >= 0.3 is 0 Å². The first-order valence-electron chi connectivity index (χ1n) is 14.7. The standard InChI is InChI=1S/C31H52N4O3S/c1-30(2,3)27(32-7)29(38)33-24(20-39-23-15-9-8-10-16-23)26(36)19-35-18-22-14-12-11-13-21(22)17-25(35)28(37)34-31(4,5)6/h8-10,15-16,21-22,24-27,32,36H,11-14,17-20H2,1-7H3,(H,33,38)(H,34,37). The number of hydrogen-bond donors (Lipinski definition) is 4. The Balaban J connectivity index is 1.79. The molecule has 1 aromatic rings. The summed E-state index contributed by atoms with van der Waals surface area (Å²) >= 11 is 1.63. The van der Waals surface area contributed by atoms with Crippen molar-refractivity contribution in [3.63, 3.8) is 0 Å². The van der Waals surface area contributed by atoms with Gasteiger partial charge in [-0.15, -0.1) is 11.8 Å². The molecule has 1 saturated carbocycles. The van der Waals surface area contributed by atoms with Crippen LogP contribution in [0.3, 0.4) is 0 Å². The number of piperidine rings is 1. The third-order valence-electron chi connectivity index (χ3n) is 8.11. The summed E-state index contributed by atoms with van der Waals surface area (Å²) in [5.41, 5.74) is -0.595. The Labute approximate surface area is 240 Å². The highest BCUT2D eigenvalue weighted by atomic mass is 32.2. The Morgan fingerprint density at radius 3 is 2.28 bits per heavy atom. The number of hydrogen-bond acceptors (Lipinski definition) is 6. The summed E-state index contributed by atoms with van der Waals surface area (Å²) in [6.07, 6.45) is 4.87. The number of rotatable bonds is 10. The number of thioether (sulfide) groups is 1. The lowest BCUT2D eigenvalue weighted by atomic mass is 9.72. The van der Waals surface area contributed by atoms with Gasteiger partial charge in [0.2, 0.25) is 11.8 Å². The van der Waals surface area contributed by atoms with Crippen molar-refractivity contribution < 1.29 is 14.7 Å². The SMILES string of the molecule is CNC(C(=O)NC(CSc1ccccc1)C(O)CN1CC2CCCCC2CC1C(=O)NC(C)(C)C)C(C)(C)C. The number of aliphatic hydroxyl groups is 1. The van der Waals surface area contributed by atoms with Gasteiger partial charge in [0.15, 0.2) is 0 Å². The molecule has 39 heavy (non-hydrogen) atoms. The maximum Gasteiger partial charge on any atom is 0.238 e. The normalized spacial score (nSPS) is 24.8. The molecule has 1 aromatic carbocycles. The van der Waals surface area contributed by atoms with Gasteiger partial charge in [-0.2, -0.15) is 0 Å². The monoisotopic (exact) mass is 560 g/mol. The van der Waals surface area contributed by atoms with Crippen LogP contribution < -0.4 is 16.0 Å². The smallest absolute Gasteiger partial charge is 0.238 e. The topological polar surface area (TPSA) is 93.7 Å². The van der Waals surface area contributed by atoms with E-state index in [1.165, 1.54) is 25.7 Å². The molecule has 2 amide bonds. The van der Waals surface area contributed by atoms with Crippen molar-refractivity contribution in [2.45, 2.75) is 108 Å². The summed E-state index contributed by atoms with van der Waals surface area (Å²) in [5, 5.41) is 21.2. The number of benzene rings is 1. The molecule has 1 aliphatic carbocycles. The highest BCUT2D eigenvalue weighted by molar-refractivity contribution is 7.99. The summed E-state index contributed by atoms with van der Waals surface area (Å²) < 4.78 is 0.